The molecule has 0 aliphatic carbocycles. The smallest absolute Gasteiger partial charge is 0.116 e. The van der Waals surface area contributed by atoms with E-state index in [-0.39, 0.29) is 5.75 Å². The Kier molecular flexibility index (Phi) is 1.95. The summed E-state index contributed by atoms with van der Waals surface area (Å²) in [6.45, 7) is 4.20. The molecule has 0 saturated carbocycles. The second-order valence-electron chi connectivity index (χ2n) is 2.66. The molecule has 1 radical (unpaired) electrons. The van der Waals surface area contributed by atoms with Crippen LogP contribution in [0.4, 0.5) is 0 Å². The third kappa shape index (κ3) is 1.50. The van der Waals surface area contributed by atoms with Gasteiger partial charge in [-0.05, 0) is 29.7 Å². The molecule has 0 aliphatic heterocycles. The van der Waals surface area contributed by atoms with Crippen molar-refractivity contribution in [2.45, 2.75) is 19.8 Å². The summed E-state index contributed by atoms with van der Waals surface area (Å²) in [6.07, 6.45) is 0. The fourth-order valence-corrected chi connectivity index (χ4v) is 0.788. The van der Waals surface area contributed by atoms with Gasteiger partial charge in [-0.1, -0.05) is 19.9 Å². The van der Waals surface area contributed by atoms with E-state index < -0.39 is 0 Å². The number of phenols is 1. The molecule has 0 aromatic heterocycles. The minimum absolute atomic E-state index is 0.282. The van der Waals surface area contributed by atoms with Gasteiger partial charge >= 0.3 is 0 Å². The Balaban J connectivity index is 2.89. The highest BCUT2D eigenvalue weighted by atomic mass is 16.3. The predicted octanol–water partition coefficient (Wildman–Crippen LogP) is 2.32. The van der Waals surface area contributed by atoms with E-state index in [1.807, 2.05) is 6.07 Å². The summed E-state index contributed by atoms with van der Waals surface area (Å²) in [5, 5.41) is 8.91. The van der Waals surface area contributed by atoms with Gasteiger partial charge in [0.1, 0.15) is 5.75 Å². The van der Waals surface area contributed by atoms with Crippen molar-refractivity contribution < 1.29 is 5.11 Å². The summed E-state index contributed by atoms with van der Waals surface area (Å²) < 4.78 is 0. The van der Waals surface area contributed by atoms with Gasteiger partial charge in [0.2, 0.25) is 0 Å². The molecule has 0 atom stereocenters. The van der Waals surface area contributed by atoms with Crippen molar-refractivity contribution in [3.63, 3.8) is 0 Å². The van der Waals surface area contributed by atoms with Crippen LogP contribution < -0.4 is 0 Å². The molecule has 1 nitrogen and oxygen atoms in total. The lowest BCUT2D eigenvalue weighted by molar-refractivity contribution is 0.475. The van der Waals surface area contributed by atoms with Crippen LogP contribution in [0.3, 0.4) is 0 Å². The average Bonchev–Trinajstić information content (AvgIpc) is 1.88. The maximum absolute atomic E-state index is 8.91. The van der Waals surface area contributed by atoms with Crippen LogP contribution in [-0.2, 0) is 0 Å². The quantitative estimate of drug-likeness (QED) is 0.626. The van der Waals surface area contributed by atoms with Gasteiger partial charge in [-0.2, -0.15) is 0 Å². The van der Waals surface area contributed by atoms with Crippen LogP contribution in [-0.4, -0.2) is 5.11 Å². The molecule has 0 amide bonds. The molecule has 1 N–H and O–H groups in total. The summed E-state index contributed by atoms with van der Waals surface area (Å²) in [4.78, 5) is 0. The Labute approximate surface area is 61.3 Å². The van der Waals surface area contributed by atoms with Crippen LogP contribution in [0.15, 0.2) is 18.2 Å². The van der Waals surface area contributed by atoms with Gasteiger partial charge < -0.3 is 5.11 Å². The average molecular weight is 135 g/mol. The van der Waals surface area contributed by atoms with Gasteiger partial charge in [-0.3, -0.25) is 0 Å². The zero-order chi connectivity index (χ0) is 7.56. The first-order valence-electron chi connectivity index (χ1n) is 3.41. The second-order valence-corrected chi connectivity index (χ2v) is 2.66. The number of aromatic hydroxyl groups is 1. The molecule has 0 heterocycles. The fourth-order valence-electron chi connectivity index (χ4n) is 0.788. The van der Waals surface area contributed by atoms with E-state index in [1.165, 1.54) is 0 Å². The lowest BCUT2D eigenvalue weighted by Crippen LogP contribution is -1.84. The van der Waals surface area contributed by atoms with E-state index in [2.05, 4.69) is 19.9 Å². The lowest BCUT2D eigenvalue weighted by atomic mass is 10.0. The van der Waals surface area contributed by atoms with Crippen molar-refractivity contribution in [2.24, 2.45) is 0 Å². The monoisotopic (exact) mass is 135 g/mol. The number of hydrogen-bond donors (Lipinski definition) is 1. The van der Waals surface area contributed by atoms with Gasteiger partial charge in [-0.25, -0.2) is 0 Å². The molecule has 53 valence electrons. The number of benzene rings is 1. The third-order valence-electron chi connectivity index (χ3n) is 1.44. The molecular formula is C9H11O. The summed E-state index contributed by atoms with van der Waals surface area (Å²) in [7, 11) is 0. The van der Waals surface area contributed by atoms with E-state index in [4.69, 9.17) is 5.11 Å². The topological polar surface area (TPSA) is 20.2 Å². The first-order valence-corrected chi connectivity index (χ1v) is 3.41. The summed E-state index contributed by atoms with van der Waals surface area (Å²) in [5.74, 6) is 0.769. The van der Waals surface area contributed by atoms with E-state index in [0.717, 1.165) is 5.56 Å². The molecule has 1 aromatic carbocycles. The Bertz CT molecular complexity index is 198. The minimum Gasteiger partial charge on any atom is -0.508 e. The first-order chi connectivity index (χ1) is 4.70. The minimum atomic E-state index is 0.282. The zero-order valence-electron chi connectivity index (χ0n) is 6.26. The Morgan fingerprint density at radius 1 is 1.40 bits per heavy atom. The molecule has 1 rings (SSSR count). The molecule has 0 bridgehead atoms. The zero-order valence-corrected chi connectivity index (χ0v) is 6.26. The van der Waals surface area contributed by atoms with Gasteiger partial charge in [-0.15, -0.1) is 0 Å². The standard InChI is InChI=1S/C9H11O/c1-7(2)8-3-5-9(10)6-4-8/h3,5-7,10H,1-2H3. The third-order valence-corrected chi connectivity index (χ3v) is 1.44. The highest BCUT2D eigenvalue weighted by Gasteiger charge is 1.96. The van der Waals surface area contributed by atoms with Crippen molar-refractivity contribution in [2.75, 3.05) is 0 Å². The molecular weight excluding hydrogens is 124 g/mol. The molecule has 0 unspecified atom stereocenters. The van der Waals surface area contributed by atoms with E-state index in [1.54, 1.807) is 12.1 Å². The number of rotatable bonds is 1. The largest absolute Gasteiger partial charge is 0.508 e. The summed E-state index contributed by atoms with van der Waals surface area (Å²) >= 11 is 0. The van der Waals surface area contributed by atoms with Gasteiger partial charge in [0, 0.05) is 0 Å². The van der Waals surface area contributed by atoms with Crippen LogP contribution in [0.25, 0.3) is 0 Å². The van der Waals surface area contributed by atoms with E-state index in [0.29, 0.717) is 5.92 Å². The predicted molar refractivity (Wildman–Crippen MR) is 41.0 cm³/mol. The molecule has 10 heavy (non-hydrogen) atoms. The van der Waals surface area contributed by atoms with Crippen molar-refractivity contribution in [1.29, 1.82) is 0 Å². The van der Waals surface area contributed by atoms with Crippen LogP contribution in [0.2, 0.25) is 0 Å². The summed E-state index contributed by atoms with van der Waals surface area (Å²) in [5.41, 5.74) is 1.14. The summed E-state index contributed by atoms with van der Waals surface area (Å²) in [6, 6.07) is 8.15. The lowest BCUT2D eigenvalue weighted by Gasteiger charge is -2.02. The van der Waals surface area contributed by atoms with Gasteiger partial charge in [0.25, 0.3) is 0 Å². The van der Waals surface area contributed by atoms with Crippen molar-refractivity contribution >= 4 is 0 Å². The maximum Gasteiger partial charge on any atom is 0.116 e. The van der Waals surface area contributed by atoms with Crippen molar-refractivity contribution in [3.8, 4) is 5.75 Å². The van der Waals surface area contributed by atoms with Crippen molar-refractivity contribution in [3.05, 3.63) is 29.8 Å². The molecule has 0 saturated heterocycles. The van der Waals surface area contributed by atoms with Crippen LogP contribution in [0, 0.1) is 6.07 Å². The molecule has 0 fully saturated rings. The number of hydrogen-bond acceptors (Lipinski definition) is 1. The van der Waals surface area contributed by atoms with Crippen LogP contribution >= 0.6 is 0 Å². The van der Waals surface area contributed by atoms with Gasteiger partial charge in [0.15, 0.2) is 0 Å². The molecule has 1 aromatic rings. The maximum atomic E-state index is 8.91. The van der Waals surface area contributed by atoms with Crippen LogP contribution in [0.5, 0.6) is 5.75 Å². The Morgan fingerprint density at radius 2 is 2.10 bits per heavy atom. The van der Waals surface area contributed by atoms with Crippen LogP contribution in [0.1, 0.15) is 25.3 Å². The SMILES string of the molecule is CC(C)c1[c]cc(O)cc1. The second kappa shape index (κ2) is 2.74. The fraction of sp³-hybridized carbons (Fsp3) is 0.333. The highest BCUT2D eigenvalue weighted by molar-refractivity contribution is 5.26. The highest BCUT2D eigenvalue weighted by Crippen LogP contribution is 2.16. The van der Waals surface area contributed by atoms with E-state index in [9.17, 15) is 0 Å². The Morgan fingerprint density at radius 3 is 2.50 bits per heavy atom. The van der Waals surface area contributed by atoms with E-state index >= 15 is 0 Å². The Hall–Kier alpha value is -0.980. The first kappa shape index (κ1) is 7.13. The molecule has 1 heteroatoms. The molecule has 0 spiro atoms. The number of phenolic OH excluding ortho intramolecular Hbond substituents is 1. The van der Waals surface area contributed by atoms with Crippen molar-refractivity contribution in [1.82, 2.24) is 0 Å². The van der Waals surface area contributed by atoms with Gasteiger partial charge in [0.05, 0.1) is 0 Å². The normalized spacial score (nSPS) is 10.3. The molecule has 0 aliphatic rings.